The standard InChI is InChI=1S/C11H13BrO5/c1-5(13)6-8(14)11(17-4)10(16-3)7(12)9(6)15-2/h14H,1-4H3. The van der Waals surface area contributed by atoms with E-state index in [-0.39, 0.29) is 34.3 Å². The van der Waals surface area contributed by atoms with Gasteiger partial charge in [-0.1, -0.05) is 0 Å². The van der Waals surface area contributed by atoms with Crippen molar-refractivity contribution in [1.29, 1.82) is 0 Å². The second-order valence-corrected chi connectivity index (χ2v) is 3.99. The molecule has 0 atom stereocenters. The number of methoxy groups -OCH3 is 3. The molecular weight excluding hydrogens is 292 g/mol. The van der Waals surface area contributed by atoms with Crippen molar-refractivity contribution in [3.05, 3.63) is 10.0 Å². The molecule has 0 fully saturated rings. The van der Waals surface area contributed by atoms with E-state index in [1.54, 1.807) is 0 Å². The Morgan fingerprint density at radius 2 is 1.53 bits per heavy atom. The molecule has 6 heteroatoms. The SMILES string of the molecule is COc1c(O)c(C(C)=O)c(OC)c(Br)c1OC. The summed E-state index contributed by atoms with van der Waals surface area (Å²) in [5, 5.41) is 9.98. The summed E-state index contributed by atoms with van der Waals surface area (Å²) in [4.78, 5) is 11.5. The van der Waals surface area contributed by atoms with Gasteiger partial charge in [0.2, 0.25) is 5.75 Å². The average Bonchev–Trinajstić information content (AvgIpc) is 2.29. The van der Waals surface area contributed by atoms with Crippen molar-refractivity contribution in [2.24, 2.45) is 0 Å². The van der Waals surface area contributed by atoms with Crippen LogP contribution in [0.5, 0.6) is 23.0 Å². The lowest BCUT2D eigenvalue weighted by molar-refractivity contribution is 0.101. The van der Waals surface area contributed by atoms with Crippen LogP contribution >= 0.6 is 15.9 Å². The number of halogens is 1. The fraction of sp³-hybridized carbons (Fsp3) is 0.364. The zero-order valence-corrected chi connectivity index (χ0v) is 11.5. The molecule has 0 saturated carbocycles. The number of Topliss-reactive ketones (excluding diaryl/α,β-unsaturated/α-hetero) is 1. The Morgan fingerprint density at radius 1 is 1.06 bits per heavy atom. The first-order chi connectivity index (χ1) is 7.99. The summed E-state index contributed by atoms with van der Waals surface area (Å²) in [7, 11) is 4.20. The second-order valence-electron chi connectivity index (χ2n) is 3.19. The number of phenolic OH excluding ortho intramolecular Hbond substituents is 1. The molecule has 1 aromatic rings. The molecule has 1 aromatic carbocycles. The van der Waals surface area contributed by atoms with Crippen LogP contribution in [0, 0.1) is 0 Å². The van der Waals surface area contributed by atoms with Gasteiger partial charge in [0, 0.05) is 0 Å². The normalized spacial score (nSPS) is 9.94. The third-order valence-electron chi connectivity index (χ3n) is 2.25. The molecule has 0 saturated heterocycles. The van der Waals surface area contributed by atoms with Crippen LogP contribution in [-0.2, 0) is 0 Å². The summed E-state index contributed by atoms with van der Waals surface area (Å²) < 4.78 is 15.6. The minimum absolute atomic E-state index is 0.0528. The molecule has 0 radical (unpaired) electrons. The van der Waals surface area contributed by atoms with E-state index in [1.807, 2.05) is 0 Å². The van der Waals surface area contributed by atoms with Crippen molar-refractivity contribution < 1.29 is 24.1 Å². The number of ketones is 1. The first-order valence-electron chi connectivity index (χ1n) is 4.70. The van der Waals surface area contributed by atoms with Gasteiger partial charge in [0.05, 0.1) is 21.3 Å². The summed E-state index contributed by atoms with van der Waals surface area (Å²) in [6.07, 6.45) is 0. The summed E-state index contributed by atoms with van der Waals surface area (Å²) in [5.41, 5.74) is 0.0528. The summed E-state index contributed by atoms with van der Waals surface area (Å²) in [6, 6.07) is 0. The first kappa shape index (κ1) is 13.6. The molecule has 0 aromatic heterocycles. The molecule has 0 aliphatic carbocycles. The van der Waals surface area contributed by atoms with Crippen LogP contribution < -0.4 is 14.2 Å². The number of hydrogen-bond donors (Lipinski definition) is 1. The van der Waals surface area contributed by atoms with Gasteiger partial charge in [-0.15, -0.1) is 0 Å². The smallest absolute Gasteiger partial charge is 0.205 e. The van der Waals surface area contributed by atoms with Crippen molar-refractivity contribution in [1.82, 2.24) is 0 Å². The highest BCUT2D eigenvalue weighted by molar-refractivity contribution is 9.10. The van der Waals surface area contributed by atoms with E-state index in [0.29, 0.717) is 4.47 Å². The van der Waals surface area contributed by atoms with Gasteiger partial charge in [0.25, 0.3) is 0 Å². The first-order valence-corrected chi connectivity index (χ1v) is 5.50. The largest absolute Gasteiger partial charge is 0.504 e. The van der Waals surface area contributed by atoms with Crippen LogP contribution in [-0.4, -0.2) is 32.2 Å². The molecular formula is C11H13BrO5. The van der Waals surface area contributed by atoms with E-state index in [9.17, 15) is 9.90 Å². The van der Waals surface area contributed by atoms with E-state index in [2.05, 4.69) is 15.9 Å². The molecule has 1 N–H and O–H groups in total. The Bertz CT molecular complexity index is 456. The fourth-order valence-electron chi connectivity index (χ4n) is 1.53. The molecule has 0 bridgehead atoms. The minimum Gasteiger partial charge on any atom is -0.504 e. The fourth-order valence-corrected chi connectivity index (χ4v) is 2.23. The van der Waals surface area contributed by atoms with Crippen LogP contribution in [0.4, 0.5) is 0 Å². The van der Waals surface area contributed by atoms with Crippen molar-refractivity contribution >= 4 is 21.7 Å². The van der Waals surface area contributed by atoms with Gasteiger partial charge in [-0.25, -0.2) is 0 Å². The predicted octanol–water partition coefficient (Wildman–Crippen LogP) is 2.38. The third-order valence-corrected chi connectivity index (χ3v) is 2.97. The highest BCUT2D eigenvalue weighted by atomic mass is 79.9. The summed E-state index contributed by atoms with van der Waals surface area (Å²) in [6.45, 7) is 1.33. The lowest BCUT2D eigenvalue weighted by Gasteiger charge is -2.17. The van der Waals surface area contributed by atoms with Gasteiger partial charge in [0.15, 0.2) is 23.0 Å². The second kappa shape index (κ2) is 5.27. The average molecular weight is 305 g/mol. The molecule has 1 rings (SSSR count). The zero-order chi connectivity index (χ0) is 13.2. The number of carbonyl (C=O) groups is 1. The Balaban J connectivity index is 3.73. The van der Waals surface area contributed by atoms with Crippen molar-refractivity contribution in [2.75, 3.05) is 21.3 Å². The molecule has 94 valence electrons. The van der Waals surface area contributed by atoms with Gasteiger partial charge in [0.1, 0.15) is 10.0 Å². The molecule has 0 amide bonds. The van der Waals surface area contributed by atoms with Crippen molar-refractivity contribution in [2.45, 2.75) is 6.92 Å². The summed E-state index contributed by atoms with van der Waals surface area (Å²) in [5.74, 6) is -0.0530. The highest BCUT2D eigenvalue weighted by Gasteiger charge is 2.27. The van der Waals surface area contributed by atoms with Gasteiger partial charge in [-0.2, -0.15) is 0 Å². The quantitative estimate of drug-likeness (QED) is 0.865. The maximum Gasteiger partial charge on any atom is 0.205 e. The van der Waals surface area contributed by atoms with E-state index in [1.165, 1.54) is 28.3 Å². The topological polar surface area (TPSA) is 65.0 Å². The van der Waals surface area contributed by atoms with E-state index >= 15 is 0 Å². The maximum atomic E-state index is 11.5. The molecule has 0 spiro atoms. The Labute approximate surface area is 107 Å². The highest BCUT2D eigenvalue weighted by Crippen LogP contribution is 2.50. The molecule has 0 aliphatic heterocycles. The molecule has 5 nitrogen and oxygen atoms in total. The van der Waals surface area contributed by atoms with Crippen LogP contribution in [0.25, 0.3) is 0 Å². The number of benzene rings is 1. The van der Waals surface area contributed by atoms with Crippen LogP contribution in [0.1, 0.15) is 17.3 Å². The third kappa shape index (κ3) is 2.17. The summed E-state index contributed by atoms with van der Waals surface area (Å²) >= 11 is 3.25. The van der Waals surface area contributed by atoms with Gasteiger partial charge in [-0.3, -0.25) is 4.79 Å². The Kier molecular flexibility index (Phi) is 4.22. The van der Waals surface area contributed by atoms with Crippen LogP contribution in [0.15, 0.2) is 4.47 Å². The zero-order valence-electron chi connectivity index (χ0n) is 9.96. The number of aromatic hydroxyl groups is 1. The van der Waals surface area contributed by atoms with E-state index < -0.39 is 0 Å². The lowest BCUT2D eigenvalue weighted by Crippen LogP contribution is -2.03. The van der Waals surface area contributed by atoms with E-state index in [0.717, 1.165) is 0 Å². The molecule has 0 unspecified atom stereocenters. The lowest BCUT2D eigenvalue weighted by atomic mass is 10.1. The maximum absolute atomic E-state index is 11.5. The minimum atomic E-state index is -0.332. The number of rotatable bonds is 4. The van der Waals surface area contributed by atoms with Crippen LogP contribution in [0.3, 0.4) is 0 Å². The van der Waals surface area contributed by atoms with Gasteiger partial charge < -0.3 is 19.3 Å². The molecule has 0 aliphatic rings. The van der Waals surface area contributed by atoms with Gasteiger partial charge >= 0.3 is 0 Å². The molecule has 0 heterocycles. The number of phenols is 1. The molecule has 17 heavy (non-hydrogen) atoms. The van der Waals surface area contributed by atoms with Gasteiger partial charge in [-0.05, 0) is 22.9 Å². The number of carbonyl (C=O) groups excluding carboxylic acids is 1. The predicted molar refractivity (Wildman–Crippen MR) is 65.5 cm³/mol. The Morgan fingerprint density at radius 3 is 1.88 bits per heavy atom. The van der Waals surface area contributed by atoms with E-state index in [4.69, 9.17) is 14.2 Å². The van der Waals surface area contributed by atoms with Crippen molar-refractivity contribution in [3.8, 4) is 23.0 Å². The van der Waals surface area contributed by atoms with Crippen molar-refractivity contribution in [3.63, 3.8) is 0 Å². The number of hydrogen-bond acceptors (Lipinski definition) is 5. The Hall–Kier alpha value is -1.43. The monoisotopic (exact) mass is 304 g/mol. The number of ether oxygens (including phenoxy) is 3. The van der Waals surface area contributed by atoms with Crippen LogP contribution in [0.2, 0.25) is 0 Å².